The predicted octanol–water partition coefficient (Wildman–Crippen LogP) is 4.07. The number of aromatic amines is 1. The maximum atomic E-state index is 14.2. The molecule has 0 saturated heterocycles. The topological polar surface area (TPSA) is 90.0 Å². The van der Waals surface area contributed by atoms with Crippen LogP contribution in [-0.4, -0.2) is 21.0 Å². The average molecular weight is 406 g/mol. The van der Waals surface area contributed by atoms with E-state index in [-0.39, 0.29) is 33.7 Å². The van der Waals surface area contributed by atoms with Crippen molar-refractivity contribution in [2.75, 3.05) is 5.32 Å². The number of carbonyl (C=O) groups is 1. The highest BCUT2D eigenvalue weighted by Crippen LogP contribution is 2.31. The number of H-pyrrole nitrogens is 1. The molecule has 0 unspecified atom stereocenters. The summed E-state index contributed by atoms with van der Waals surface area (Å²) in [5.74, 6) is -1.82. The minimum atomic E-state index is -0.607. The van der Waals surface area contributed by atoms with Gasteiger partial charge in [0.2, 0.25) is 0 Å². The minimum absolute atomic E-state index is 0.0488. The summed E-state index contributed by atoms with van der Waals surface area (Å²) in [7, 11) is 0. The van der Waals surface area contributed by atoms with Crippen LogP contribution in [0.4, 0.5) is 14.5 Å². The molecule has 0 bridgehead atoms. The molecule has 0 atom stereocenters. The van der Waals surface area contributed by atoms with Crippen molar-refractivity contribution in [2.24, 2.45) is 0 Å². The van der Waals surface area contributed by atoms with E-state index >= 15 is 0 Å². The third-order valence-corrected chi connectivity index (χ3v) is 5.11. The fourth-order valence-corrected chi connectivity index (χ4v) is 3.66. The van der Waals surface area contributed by atoms with Crippen molar-refractivity contribution in [1.82, 2.24) is 15.3 Å². The number of phenols is 1. The summed E-state index contributed by atoms with van der Waals surface area (Å²) in [6, 6.07) is 11.4. The van der Waals surface area contributed by atoms with Gasteiger partial charge in [-0.15, -0.1) is 0 Å². The quantitative estimate of drug-likeness (QED) is 0.413. The van der Waals surface area contributed by atoms with Crippen LogP contribution >= 0.6 is 0 Å². The second-order valence-electron chi connectivity index (χ2n) is 7.14. The van der Waals surface area contributed by atoms with Crippen molar-refractivity contribution in [3.05, 3.63) is 76.9 Å². The number of carbonyl (C=O) groups excluding carboxylic acids is 1. The number of imidazole rings is 1. The Labute approximate surface area is 169 Å². The van der Waals surface area contributed by atoms with Crippen LogP contribution in [0.3, 0.4) is 0 Å². The number of hydrogen-bond donors (Lipinski definition) is 4. The van der Waals surface area contributed by atoms with Crippen LogP contribution < -0.4 is 10.6 Å². The molecular formula is C22H16F2N4O2. The van der Waals surface area contributed by atoms with Gasteiger partial charge in [-0.05, 0) is 47.5 Å². The third kappa shape index (κ3) is 3.17. The molecule has 6 nitrogen and oxygen atoms in total. The van der Waals surface area contributed by atoms with E-state index in [0.717, 1.165) is 30.8 Å². The molecule has 0 radical (unpaired) electrons. The van der Waals surface area contributed by atoms with Crippen LogP contribution in [0, 0.1) is 11.6 Å². The Morgan fingerprint density at radius 3 is 2.67 bits per heavy atom. The van der Waals surface area contributed by atoms with Gasteiger partial charge in [0.15, 0.2) is 0 Å². The predicted molar refractivity (Wildman–Crippen MR) is 108 cm³/mol. The molecule has 5 rings (SSSR count). The molecule has 150 valence electrons. The van der Waals surface area contributed by atoms with E-state index in [1.165, 1.54) is 23.8 Å². The van der Waals surface area contributed by atoms with Gasteiger partial charge in [0.1, 0.15) is 28.7 Å². The molecule has 4 N–H and O–H groups in total. The van der Waals surface area contributed by atoms with Crippen molar-refractivity contribution < 1.29 is 18.7 Å². The van der Waals surface area contributed by atoms with E-state index in [1.54, 1.807) is 6.07 Å². The number of nitrogens with one attached hydrogen (secondary N) is 3. The summed E-state index contributed by atoms with van der Waals surface area (Å²) >= 11 is 0. The molecule has 1 aromatic heterocycles. The van der Waals surface area contributed by atoms with Crippen LogP contribution in [0.1, 0.15) is 21.5 Å². The zero-order chi connectivity index (χ0) is 20.8. The number of benzene rings is 3. The highest BCUT2D eigenvalue weighted by molar-refractivity contribution is 6.12. The third-order valence-electron chi connectivity index (χ3n) is 5.11. The second kappa shape index (κ2) is 6.93. The number of amides is 1. The van der Waals surface area contributed by atoms with E-state index in [9.17, 15) is 18.7 Å². The fraction of sp³-hybridized carbons (Fsp3) is 0.0909. The Morgan fingerprint density at radius 1 is 1.00 bits per heavy atom. The Kier molecular flexibility index (Phi) is 4.22. The number of halogens is 2. The lowest BCUT2D eigenvalue weighted by molar-refractivity contribution is 0.102. The lowest BCUT2D eigenvalue weighted by Crippen LogP contribution is -2.13. The molecule has 3 aromatic carbocycles. The van der Waals surface area contributed by atoms with Gasteiger partial charge in [-0.1, -0.05) is 6.07 Å². The zero-order valence-electron chi connectivity index (χ0n) is 15.6. The van der Waals surface area contributed by atoms with Crippen molar-refractivity contribution in [3.8, 4) is 17.1 Å². The average Bonchev–Trinajstić information content (AvgIpc) is 3.33. The molecule has 8 heteroatoms. The SMILES string of the molecule is O=C(Nc1ccc2c(c1)CNC2)c1cc(F)cc2[nH]c(-c3ccc(F)cc3O)nc12. The van der Waals surface area contributed by atoms with E-state index < -0.39 is 17.5 Å². The molecule has 0 fully saturated rings. The number of aromatic hydroxyl groups is 1. The maximum absolute atomic E-state index is 14.2. The smallest absolute Gasteiger partial charge is 0.258 e. The largest absolute Gasteiger partial charge is 0.507 e. The summed E-state index contributed by atoms with van der Waals surface area (Å²) in [5.41, 5.74) is 3.71. The molecule has 30 heavy (non-hydrogen) atoms. The van der Waals surface area contributed by atoms with Gasteiger partial charge in [-0.3, -0.25) is 4.79 Å². The maximum Gasteiger partial charge on any atom is 0.258 e. The monoisotopic (exact) mass is 406 g/mol. The number of fused-ring (bicyclic) bond motifs is 2. The molecular weight excluding hydrogens is 390 g/mol. The van der Waals surface area contributed by atoms with Crippen molar-refractivity contribution >= 4 is 22.6 Å². The number of hydrogen-bond acceptors (Lipinski definition) is 4. The van der Waals surface area contributed by atoms with Crippen LogP contribution in [0.15, 0.2) is 48.5 Å². The van der Waals surface area contributed by atoms with Gasteiger partial charge in [-0.2, -0.15) is 0 Å². The molecule has 0 aliphatic carbocycles. The standard InChI is InChI=1S/C22H16F2N4O2/c23-13-2-4-16(19(29)8-13)21-27-18-7-14(24)6-17(20(18)28-21)22(30)26-15-3-1-11-9-25-10-12(11)5-15/h1-8,25,29H,9-10H2,(H,26,30)(H,27,28). The van der Waals surface area contributed by atoms with Crippen LogP contribution in [0.25, 0.3) is 22.4 Å². The van der Waals surface area contributed by atoms with E-state index in [0.29, 0.717) is 5.69 Å². The molecule has 1 aliphatic heterocycles. The molecule has 0 saturated carbocycles. The number of nitrogens with zero attached hydrogens (tertiary/aromatic N) is 1. The Balaban J connectivity index is 1.53. The van der Waals surface area contributed by atoms with Gasteiger partial charge in [0.05, 0.1) is 16.6 Å². The Hall–Kier alpha value is -3.78. The number of rotatable bonds is 3. The molecule has 1 amide bonds. The van der Waals surface area contributed by atoms with Crippen LogP contribution in [-0.2, 0) is 13.1 Å². The number of aromatic nitrogens is 2. The fourth-order valence-electron chi connectivity index (χ4n) is 3.66. The highest BCUT2D eigenvalue weighted by Gasteiger charge is 2.19. The normalized spacial score (nSPS) is 12.9. The zero-order valence-corrected chi connectivity index (χ0v) is 15.6. The summed E-state index contributed by atoms with van der Waals surface area (Å²) in [4.78, 5) is 20.1. The summed E-state index contributed by atoms with van der Waals surface area (Å²) in [6.45, 7) is 1.52. The first-order valence-electron chi connectivity index (χ1n) is 9.30. The first-order chi connectivity index (χ1) is 14.5. The van der Waals surface area contributed by atoms with E-state index in [2.05, 4.69) is 20.6 Å². The van der Waals surface area contributed by atoms with Gasteiger partial charge < -0.3 is 20.7 Å². The van der Waals surface area contributed by atoms with Crippen molar-refractivity contribution in [1.29, 1.82) is 0 Å². The number of phenolic OH excluding ortho intramolecular Hbond substituents is 1. The Morgan fingerprint density at radius 2 is 1.83 bits per heavy atom. The first-order valence-corrected chi connectivity index (χ1v) is 9.30. The molecule has 4 aromatic rings. The highest BCUT2D eigenvalue weighted by atomic mass is 19.1. The van der Waals surface area contributed by atoms with Gasteiger partial charge in [0, 0.05) is 24.8 Å². The molecule has 0 spiro atoms. The summed E-state index contributed by atoms with van der Waals surface area (Å²) in [6.07, 6.45) is 0. The molecule has 2 heterocycles. The van der Waals surface area contributed by atoms with Crippen LogP contribution in [0.2, 0.25) is 0 Å². The number of anilines is 1. The van der Waals surface area contributed by atoms with Gasteiger partial charge in [0.25, 0.3) is 5.91 Å². The summed E-state index contributed by atoms with van der Waals surface area (Å²) in [5, 5.41) is 16.0. The second-order valence-corrected chi connectivity index (χ2v) is 7.14. The van der Waals surface area contributed by atoms with Crippen LogP contribution in [0.5, 0.6) is 5.75 Å². The van der Waals surface area contributed by atoms with E-state index in [4.69, 9.17) is 0 Å². The summed E-state index contributed by atoms with van der Waals surface area (Å²) < 4.78 is 27.5. The van der Waals surface area contributed by atoms with Crippen molar-refractivity contribution in [2.45, 2.75) is 13.1 Å². The van der Waals surface area contributed by atoms with E-state index in [1.807, 2.05) is 12.1 Å². The lowest BCUT2D eigenvalue weighted by Gasteiger charge is -2.08. The van der Waals surface area contributed by atoms with Gasteiger partial charge >= 0.3 is 0 Å². The minimum Gasteiger partial charge on any atom is -0.507 e. The van der Waals surface area contributed by atoms with Crippen molar-refractivity contribution in [3.63, 3.8) is 0 Å². The Bertz CT molecular complexity index is 1320. The first kappa shape index (κ1) is 18.3. The van der Waals surface area contributed by atoms with Gasteiger partial charge in [-0.25, -0.2) is 13.8 Å². The lowest BCUT2D eigenvalue weighted by atomic mass is 10.1. The molecule has 1 aliphatic rings.